The van der Waals surface area contributed by atoms with Crippen LogP contribution in [-0.4, -0.2) is 13.0 Å². The highest BCUT2D eigenvalue weighted by Crippen LogP contribution is 2.25. The Balaban J connectivity index is 2.87. The van der Waals surface area contributed by atoms with E-state index in [2.05, 4.69) is 28.9 Å². The van der Waals surface area contributed by atoms with E-state index in [0.29, 0.717) is 11.8 Å². The van der Waals surface area contributed by atoms with Crippen molar-refractivity contribution in [2.75, 3.05) is 13.0 Å². The second-order valence-corrected chi connectivity index (χ2v) is 4.64. The van der Waals surface area contributed by atoms with Crippen molar-refractivity contribution < 1.29 is 4.74 Å². The first-order valence-electron chi connectivity index (χ1n) is 4.55. The number of ether oxygens (including phenoxy) is 1. The lowest BCUT2D eigenvalue weighted by Crippen LogP contribution is -2.02. The summed E-state index contributed by atoms with van der Waals surface area (Å²) in [5.41, 5.74) is 1.20. The summed E-state index contributed by atoms with van der Waals surface area (Å²) in [5.74, 6) is 2.08. The molecule has 1 rings (SSSR count). The zero-order valence-electron chi connectivity index (χ0n) is 8.39. The van der Waals surface area contributed by atoms with Crippen LogP contribution in [0, 0.1) is 5.92 Å². The molecule has 0 aromatic heterocycles. The standard InChI is InChI=1S/C11H14BrClO/c1-8(7-13)5-9-6-10(12)3-4-11(9)14-2/h3-4,6,8H,5,7H2,1-2H3. The number of halogens is 2. The third kappa shape index (κ3) is 3.18. The van der Waals surface area contributed by atoms with Gasteiger partial charge in [-0.1, -0.05) is 22.9 Å². The molecular formula is C11H14BrClO. The van der Waals surface area contributed by atoms with Crippen LogP contribution in [-0.2, 0) is 6.42 Å². The van der Waals surface area contributed by atoms with E-state index in [1.807, 2.05) is 12.1 Å². The number of methoxy groups -OCH3 is 1. The quantitative estimate of drug-likeness (QED) is 0.759. The van der Waals surface area contributed by atoms with Crippen molar-refractivity contribution >= 4 is 27.5 Å². The molecule has 0 saturated carbocycles. The molecular weight excluding hydrogens is 263 g/mol. The van der Waals surface area contributed by atoms with E-state index in [-0.39, 0.29) is 0 Å². The Labute approximate surface area is 98.5 Å². The van der Waals surface area contributed by atoms with E-state index < -0.39 is 0 Å². The molecule has 1 atom stereocenters. The summed E-state index contributed by atoms with van der Waals surface area (Å²) in [6.45, 7) is 2.13. The van der Waals surface area contributed by atoms with Crippen molar-refractivity contribution in [2.45, 2.75) is 13.3 Å². The third-order valence-corrected chi connectivity index (χ3v) is 3.09. The molecule has 0 aliphatic heterocycles. The monoisotopic (exact) mass is 276 g/mol. The second kappa shape index (κ2) is 5.62. The molecule has 0 fully saturated rings. The fourth-order valence-corrected chi connectivity index (χ4v) is 1.85. The van der Waals surface area contributed by atoms with Gasteiger partial charge in [-0.05, 0) is 36.1 Å². The minimum Gasteiger partial charge on any atom is -0.496 e. The summed E-state index contributed by atoms with van der Waals surface area (Å²) in [4.78, 5) is 0. The summed E-state index contributed by atoms with van der Waals surface area (Å²) in [6.07, 6.45) is 0.951. The van der Waals surface area contributed by atoms with E-state index in [1.54, 1.807) is 7.11 Å². The minimum absolute atomic E-state index is 0.472. The van der Waals surface area contributed by atoms with Gasteiger partial charge < -0.3 is 4.74 Å². The molecule has 0 N–H and O–H groups in total. The Hall–Kier alpha value is -0.210. The molecule has 0 amide bonds. The van der Waals surface area contributed by atoms with Crippen LogP contribution in [0.3, 0.4) is 0 Å². The Morgan fingerprint density at radius 2 is 2.21 bits per heavy atom. The van der Waals surface area contributed by atoms with Crippen LogP contribution in [0.15, 0.2) is 22.7 Å². The highest BCUT2D eigenvalue weighted by atomic mass is 79.9. The molecule has 0 bridgehead atoms. The van der Waals surface area contributed by atoms with Gasteiger partial charge in [0, 0.05) is 10.4 Å². The van der Waals surface area contributed by atoms with Crippen LogP contribution < -0.4 is 4.74 Å². The first-order chi connectivity index (χ1) is 6.67. The predicted octanol–water partition coefficient (Wildman–Crippen LogP) is 3.88. The minimum atomic E-state index is 0.472. The molecule has 1 aromatic rings. The van der Waals surface area contributed by atoms with Crippen molar-refractivity contribution in [2.24, 2.45) is 5.92 Å². The zero-order chi connectivity index (χ0) is 10.6. The number of alkyl halides is 1. The Kier molecular flexibility index (Phi) is 4.76. The van der Waals surface area contributed by atoms with Crippen molar-refractivity contribution in [3.8, 4) is 5.75 Å². The molecule has 14 heavy (non-hydrogen) atoms. The zero-order valence-corrected chi connectivity index (χ0v) is 10.7. The van der Waals surface area contributed by atoms with Gasteiger partial charge in [0.1, 0.15) is 5.75 Å². The maximum Gasteiger partial charge on any atom is 0.122 e. The Bertz CT molecular complexity index is 301. The van der Waals surface area contributed by atoms with Gasteiger partial charge in [-0.2, -0.15) is 0 Å². The van der Waals surface area contributed by atoms with Crippen LogP contribution in [0.4, 0.5) is 0 Å². The van der Waals surface area contributed by atoms with E-state index in [0.717, 1.165) is 16.6 Å². The highest BCUT2D eigenvalue weighted by Gasteiger charge is 2.07. The van der Waals surface area contributed by atoms with E-state index >= 15 is 0 Å². The summed E-state index contributed by atoms with van der Waals surface area (Å²) in [7, 11) is 1.69. The summed E-state index contributed by atoms with van der Waals surface area (Å²) < 4.78 is 6.36. The average Bonchev–Trinajstić information content (AvgIpc) is 2.18. The van der Waals surface area contributed by atoms with Gasteiger partial charge >= 0.3 is 0 Å². The van der Waals surface area contributed by atoms with Crippen molar-refractivity contribution in [1.82, 2.24) is 0 Å². The fraction of sp³-hybridized carbons (Fsp3) is 0.455. The van der Waals surface area contributed by atoms with E-state index in [9.17, 15) is 0 Å². The van der Waals surface area contributed by atoms with Crippen LogP contribution >= 0.6 is 27.5 Å². The maximum atomic E-state index is 5.78. The van der Waals surface area contributed by atoms with Crippen molar-refractivity contribution in [3.05, 3.63) is 28.2 Å². The van der Waals surface area contributed by atoms with Gasteiger partial charge in [0.15, 0.2) is 0 Å². The normalized spacial score (nSPS) is 12.6. The molecule has 0 spiro atoms. The van der Waals surface area contributed by atoms with Crippen molar-refractivity contribution in [3.63, 3.8) is 0 Å². The average molecular weight is 278 g/mol. The Morgan fingerprint density at radius 1 is 1.50 bits per heavy atom. The first kappa shape index (κ1) is 11.9. The van der Waals surface area contributed by atoms with Crippen LogP contribution in [0.5, 0.6) is 5.75 Å². The number of benzene rings is 1. The number of rotatable bonds is 4. The molecule has 1 unspecified atom stereocenters. The molecule has 1 nitrogen and oxygen atoms in total. The predicted molar refractivity (Wildman–Crippen MR) is 64.3 cm³/mol. The summed E-state index contributed by atoms with van der Waals surface area (Å²) >= 11 is 9.23. The van der Waals surface area contributed by atoms with Gasteiger partial charge in [0.05, 0.1) is 7.11 Å². The Morgan fingerprint density at radius 3 is 2.79 bits per heavy atom. The number of hydrogen-bond acceptors (Lipinski definition) is 1. The maximum absolute atomic E-state index is 5.78. The van der Waals surface area contributed by atoms with Gasteiger partial charge in [-0.3, -0.25) is 0 Å². The highest BCUT2D eigenvalue weighted by molar-refractivity contribution is 9.10. The SMILES string of the molecule is COc1ccc(Br)cc1CC(C)CCl. The van der Waals surface area contributed by atoms with Crippen LogP contribution in [0.1, 0.15) is 12.5 Å². The lowest BCUT2D eigenvalue weighted by atomic mass is 10.0. The summed E-state index contributed by atoms with van der Waals surface area (Å²) in [6, 6.07) is 6.04. The molecule has 78 valence electrons. The number of hydrogen-bond donors (Lipinski definition) is 0. The van der Waals surface area contributed by atoms with Gasteiger partial charge in [0.25, 0.3) is 0 Å². The van der Waals surface area contributed by atoms with Crippen LogP contribution in [0.25, 0.3) is 0 Å². The molecule has 0 heterocycles. The lowest BCUT2D eigenvalue weighted by Gasteiger charge is -2.12. The molecule has 0 aliphatic rings. The smallest absolute Gasteiger partial charge is 0.122 e. The molecule has 1 aromatic carbocycles. The lowest BCUT2D eigenvalue weighted by molar-refractivity contribution is 0.407. The second-order valence-electron chi connectivity index (χ2n) is 3.42. The van der Waals surface area contributed by atoms with Crippen molar-refractivity contribution in [1.29, 1.82) is 0 Å². The molecule has 0 aliphatic carbocycles. The van der Waals surface area contributed by atoms with Gasteiger partial charge in [0.2, 0.25) is 0 Å². The summed E-state index contributed by atoms with van der Waals surface area (Å²) in [5, 5.41) is 0. The first-order valence-corrected chi connectivity index (χ1v) is 5.88. The molecule has 0 radical (unpaired) electrons. The molecule has 3 heteroatoms. The third-order valence-electron chi connectivity index (χ3n) is 2.07. The van der Waals surface area contributed by atoms with Gasteiger partial charge in [-0.15, -0.1) is 11.6 Å². The van der Waals surface area contributed by atoms with Gasteiger partial charge in [-0.25, -0.2) is 0 Å². The topological polar surface area (TPSA) is 9.23 Å². The molecule has 0 saturated heterocycles. The fourth-order valence-electron chi connectivity index (χ4n) is 1.34. The largest absolute Gasteiger partial charge is 0.496 e. The van der Waals surface area contributed by atoms with Crippen LogP contribution in [0.2, 0.25) is 0 Å². The van der Waals surface area contributed by atoms with E-state index in [4.69, 9.17) is 16.3 Å². The van der Waals surface area contributed by atoms with E-state index in [1.165, 1.54) is 5.56 Å².